The molecule has 0 unspecified atom stereocenters. The van der Waals surface area contributed by atoms with Crippen LogP contribution in [0.25, 0.3) is 0 Å². The number of aromatic hydroxyl groups is 2. The van der Waals surface area contributed by atoms with Gasteiger partial charge in [0.1, 0.15) is 11.5 Å². The Hall–Kier alpha value is -3.68. The van der Waals surface area contributed by atoms with Crippen molar-refractivity contribution in [3.8, 4) is 11.5 Å². The van der Waals surface area contributed by atoms with Crippen LogP contribution >= 0.6 is 0 Å². The first-order valence-electron chi connectivity index (χ1n) is 6.79. The standard InChI is InChI=1S/C16H14N4O4/c21-13-5-1-11(2-6-13)9-17-19-15(23)16(24)20-18-10-12-3-7-14(22)8-4-12/h1-10,21-22H,(H,19,23)(H,20,24)/b17-9-,18-10+. The number of hydrogen-bond acceptors (Lipinski definition) is 6. The zero-order valence-corrected chi connectivity index (χ0v) is 12.4. The Kier molecular flexibility index (Phi) is 5.62. The van der Waals surface area contributed by atoms with Crippen molar-refractivity contribution in [1.82, 2.24) is 10.9 Å². The van der Waals surface area contributed by atoms with Crippen LogP contribution in [0.15, 0.2) is 58.7 Å². The van der Waals surface area contributed by atoms with Gasteiger partial charge in [-0.2, -0.15) is 10.2 Å². The predicted octanol–water partition coefficient (Wildman–Crippen LogP) is 0.698. The molecule has 0 spiro atoms. The van der Waals surface area contributed by atoms with E-state index in [9.17, 15) is 9.59 Å². The number of hydrazone groups is 2. The van der Waals surface area contributed by atoms with Gasteiger partial charge in [-0.25, -0.2) is 10.9 Å². The summed E-state index contributed by atoms with van der Waals surface area (Å²) in [6.07, 6.45) is 2.65. The summed E-state index contributed by atoms with van der Waals surface area (Å²) in [6, 6.07) is 12.2. The number of carbonyl (C=O) groups excluding carboxylic acids is 2. The second-order valence-corrected chi connectivity index (χ2v) is 4.58. The molecule has 2 amide bonds. The van der Waals surface area contributed by atoms with Crippen LogP contribution in [-0.4, -0.2) is 34.5 Å². The lowest BCUT2D eigenvalue weighted by Gasteiger charge is -1.98. The first kappa shape index (κ1) is 16.7. The summed E-state index contributed by atoms with van der Waals surface area (Å²) in [7, 11) is 0. The van der Waals surface area contributed by atoms with Gasteiger partial charge in [0, 0.05) is 0 Å². The number of benzene rings is 2. The number of phenolic OH excluding ortho intramolecular Hbond substituents is 2. The third-order valence-electron chi connectivity index (χ3n) is 2.75. The largest absolute Gasteiger partial charge is 0.508 e. The van der Waals surface area contributed by atoms with Gasteiger partial charge in [-0.3, -0.25) is 9.59 Å². The molecular formula is C16H14N4O4. The van der Waals surface area contributed by atoms with E-state index in [4.69, 9.17) is 10.2 Å². The van der Waals surface area contributed by atoms with Crippen molar-refractivity contribution in [3.05, 3.63) is 59.7 Å². The van der Waals surface area contributed by atoms with Gasteiger partial charge in [0.2, 0.25) is 0 Å². The van der Waals surface area contributed by atoms with Crippen LogP contribution in [0.3, 0.4) is 0 Å². The second-order valence-electron chi connectivity index (χ2n) is 4.58. The lowest BCUT2D eigenvalue weighted by atomic mass is 10.2. The topological polar surface area (TPSA) is 123 Å². The monoisotopic (exact) mass is 326 g/mol. The molecule has 0 saturated heterocycles. The van der Waals surface area contributed by atoms with E-state index < -0.39 is 11.8 Å². The number of hydrogen-bond donors (Lipinski definition) is 4. The van der Waals surface area contributed by atoms with Crippen molar-refractivity contribution in [3.63, 3.8) is 0 Å². The van der Waals surface area contributed by atoms with E-state index in [1.807, 2.05) is 0 Å². The van der Waals surface area contributed by atoms with E-state index in [0.717, 1.165) is 0 Å². The highest BCUT2D eigenvalue weighted by Crippen LogP contribution is 2.08. The van der Waals surface area contributed by atoms with Crippen LogP contribution in [0.4, 0.5) is 0 Å². The SMILES string of the molecule is O=C(N/N=C\c1ccc(O)cc1)C(=O)N/N=C/c1ccc(O)cc1. The smallest absolute Gasteiger partial charge is 0.331 e. The fourth-order valence-corrected chi connectivity index (χ4v) is 1.55. The van der Waals surface area contributed by atoms with E-state index in [1.54, 1.807) is 24.3 Å². The highest BCUT2D eigenvalue weighted by Gasteiger charge is 2.10. The number of carbonyl (C=O) groups is 2. The van der Waals surface area contributed by atoms with Crippen LogP contribution < -0.4 is 10.9 Å². The summed E-state index contributed by atoms with van der Waals surface area (Å²) in [4.78, 5) is 23.0. The van der Waals surface area contributed by atoms with Crippen LogP contribution in [0.2, 0.25) is 0 Å². The van der Waals surface area contributed by atoms with Crippen molar-refractivity contribution in [2.75, 3.05) is 0 Å². The molecule has 0 bridgehead atoms. The van der Waals surface area contributed by atoms with Gasteiger partial charge < -0.3 is 10.2 Å². The van der Waals surface area contributed by atoms with Gasteiger partial charge in [0.05, 0.1) is 12.4 Å². The number of amides is 2. The molecule has 0 heterocycles. The highest BCUT2D eigenvalue weighted by molar-refractivity contribution is 6.35. The van der Waals surface area contributed by atoms with E-state index in [0.29, 0.717) is 11.1 Å². The molecule has 24 heavy (non-hydrogen) atoms. The number of nitrogens with one attached hydrogen (secondary N) is 2. The van der Waals surface area contributed by atoms with Crippen LogP contribution in [-0.2, 0) is 9.59 Å². The van der Waals surface area contributed by atoms with E-state index in [-0.39, 0.29) is 11.5 Å². The van der Waals surface area contributed by atoms with Gasteiger partial charge in [0.15, 0.2) is 0 Å². The third kappa shape index (κ3) is 5.26. The Bertz CT molecular complexity index is 700. The zero-order valence-electron chi connectivity index (χ0n) is 12.4. The van der Waals surface area contributed by atoms with Crippen molar-refractivity contribution >= 4 is 24.2 Å². The fourth-order valence-electron chi connectivity index (χ4n) is 1.55. The molecule has 0 aliphatic rings. The minimum atomic E-state index is -0.979. The van der Waals surface area contributed by atoms with E-state index in [2.05, 4.69) is 21.1 Å². The zero-order chi connectivity index (χ0) is 17.4. The summed E-state index contributed by atoms with van der Waals surface area (Å²) >= 11 is 0. The predicted molar refractivity (Wildman–Crippen MR) is 87.7 cm³/mol. The Labute approximate surface area is 137 Å². The van der Waals surface area contributed by atoms with Gasteiger partial charge in [-0.15, -0.1) is 0 Å². The minimum absolute atomic E-state index is 0.113. The van der Waals surface area contributed by atoms with Crippen LogP contribution in [0.1, 0.15) is 11.1 Å². The van der Waals surface area contributed by atoms with Crippen molar-refractivity contribution < 1.29 is 19.8 Å². The second kappa shape index (κ2) is 8.08. The molecular weight excluding hydrogens is 312 g/mol. The molecule has 0 aliphatic carbocycles. The molecule has 0 saturated carbocycles. The summed E-state index contributed by atoms with van der Waals surface area (Å²) in [5.41, 5.74) is 5.38. The van der Waals surface area contributed by atoms with Crippen molar-refractivity contribution in [1.29, 1.82) is 0 Å². The fraction of sp³-hybridized carbons (Fsp3) is 0. The molecule has 0 fully saturated rings. The maximum atomic E-state index is 11.5. The average molecular weight is 326 g/mol. The Morgan fingerprint density at radius 1 is 0.708 bits per heavy atom. The molecule has 0 atom stereocenters. The molecule has 0 aromatic heterocycles. The number of phenols is 2. The van der Waals surface area contributed by atoms with E-state index in [1.165, 1.54) is 36.7 Å². The first-order valence-corrected chi connectivity index (χ1v) is 6.79. The number of nitrogens with zero attached hydrogens (tertiary/aromatic N) is 2. The Morgan fingerprint density at radius 3 is 1.38 bits per heavy atom. The summed E-state index contributed by atoms with van der Waals surface area (Å²) in [6.45, 7) is 0. The minimum Gasteiger partial charge on any atom is -0.508 e. The van der Waals surface area contributed by atoms with Gasteiger partial charge in [-0.1, -0.05) is 0 Å². The lowest BCUT2D eigenvalue weighted by molar-refractivity contribution is -0.139. The van der Waals surface area contributed by atoms with Gasteiger partial charge >= 0.3 is 11.8 Å². The molecule has 4 N–H and O–H groups in total. The molecule has 8 nitrogen and oxygen atoms in total. The summed E-state index contributed by atoms with van der Waals surface area (Å²) in [5.74, 6) is -1.73. The first-order chi connectivity index (χ1) is 11.5. The normalized spacial score (nSPS) is 10.8. The van der Waals surface area contributed by atoms with Crippen LogP contribution in [0.5, 0.6) is 11.5 Å². The highest BCUT2D eigenvalue weighted by atomic mass is 16.3. The maximum Gasteiger partial charge on any atom is 0.331 e. The molecule has 0 radical (unpaired) electrons. The molecule has 0 aliphatic heterocycles. The quantitative estimate of drug-likeness (QED) is 0.375. The lowest BCUT2D eigenvalue weighted by Crippen LogP contribution is -2.35. The van der Waals surface area contributed by atoms with Crippen molar-refractivity contribution in [2.24, 2.45) is 10.2 Å². The molecule has 2 aromatic rings. The van der Waals surface area contributed by atoms with E-state index >= 15 is 0 Å². The summed E-state index contributed by atoms with van der Waals surface area (Å²) < 4.78 is 0. The third-order valence-corrected chi connectivity index (χ3v) is 2.75. The number of rotatable bonds is 4. The molecule has 8 heteroatoms. The van der Waals surface area contributed by atoms with Crippen LogP contribution in [0, 0.1) is 0 Å². The Morgan fingerprint density at radius 2 is 1.04 bits per heavy atom. The molecule has 2 rings (SSSR count). The van der Waals surface area contributed by atoms with Gasteiger partial charge in [0.25, 0.3) is 0 Å². The van der Waals surface area contributed by atoms with Crippen molar-refractivity contribution in [2.45, 2.75) is 0 Å². The summed E-state index contributed by atoms with van der Waals surface area (Å²) in [5, 5.41) is 25.5. The average Bonchev–Trinajstić information content (AvgIpc) is 2.58. The van der Waals surface area contributed by atoms with Gasteiger partial charge in [-0.05, 0) is 59.7 Å². The maximum absolute atomic E-state index is 11.5. The Balaban J connectivity index is 1.80. The molecule has 2 aromatic carbocycles. The molecule has 122 valence electrons.